The minimum Gasteiger partial charge on any atom is -0.497 e. The van der Waals surface area contributed by atoms with Gasteiger partial charge in [0.15, 0.2) is 0 Å². The quantitative estimate of drug-likeness (QED) is 0.714. The fourth-order valence-electron chi connectivity index (χ4n) is 2.30. The lowest BCUT2D eigenvalue weighted by Gasteiger charge is -2.11. The number of benzene rings is 2. The molecule has 0 aliphatic heterocycles. The number of methoxy groups -OCH3 is 1. The van der Waals surface area contributed by atoms with Crippen molar-refractivity contribution in [2.75, 3.05) is 12.4 Å². The molecule has 0 saturated carbocycles. The Labute approximate surface area is 138 Å². The fourth-order valence-corrected chi connectivity index (χ4v) is 2.42. The predicted octanol–water partition coefficient (Wildman–Crippen LogP) is 4.13. The largest absolute Gasteiger partial charge is 0.497 e. The van der Waals surface area contributed by atoms with E-state index >= 15 is 0 Å². The summed E-state index contributed by atoms with van der Waals surface area (Å²) in [6.07, 6.45) is 0. The van der Waals surface area contributed by atoms with Crippen molar-refractivity contribution in [1.82, 2.24) is 9.97 Å². The summed E-state index contributed by atoms with van der Waals surface area (Å²) in [6, 6.07) is 12.4. The van der Waals surface area contributed by atoms with Gasteiger partial charge in [0.05, 0.1) is 18.5 Å². The molecule has 23 heavy (non-hydrogen) atoms. The van der Waals surface area contributed by atoms with Crippen molar-refractivity contribution in [3.05, 3.63) is 59.7 Å². The normalized spacial score (nSPS) is 10.7. The summed E-state index contributed by atoms with van der Waals surface area (Å²) < 4.78 is 19.0. The van der Waals surface area contributed by atoms with E-state index < -0.39 is 0 Å². The Morgan fingerprint density at radius 1 is 1.17 bits per heavy atom. The van der Waals surface area contributed by atoms with E-state index in [4.69, 9.17) is 16.3 Å². The second kappa shape index (κ2) is 6.79. The van der Waals surface area contributed by atoms with E-state index in [2.05, 4.69) is 15.3 Å². The maximum atomic E-state index is 14.0. The van der Waals surface area contributed by atoms with E-state index in [0.717, 1.165) is 10.9 Å². The maximum Gasteiger partial charge on any atom is 0.146 e. The van der Waals surface area contributed by atoms with Gasteiger partial charge in [-0.2, -0.15) is 0 Å². The van der Waals surface area contributed by atoms with E-state index in [0.29, 0.717) is 29.5 Å². The van der Waals surface area contributed by atoms with Gasteiger partial charge in [0.2, 0.25) is 0 Å². The molecule has 0 saturated heterocycles. The molecule has 3 aromatic rings. The van der Waals surface area contributed by atoms with Crippen LogP contribution in [-0.2, 0) is 12.4 Å². The Kier molecular flexibility index (Phi) is 4.57. The van der Waals surface area contributed by atoms with Crippen molar-refractivity contribution in [2.45, 2.75) is 12.4 Å². The van der Waals surface area contributed by atoms with Crippen molar-refractivity contribution < 1.29 is 9.13 Å². The first kappa shape index (κ1) is 15.5. The third-order valence-electron chi connectivity index (χ3n) is 3.48. The number of hydrogen-bond acceptors (Lipinski definition) is 4. The number of fused-ring (bicyclic) bond motifs is 1. The Morgan fingerprint density at radius 3 is 2.74 bits per heavy atom. The number of anilines is 1. The molecule has 0 bridgehead atoms. The molecule has 0 unspecified atom stereocenters. The summed E-state index contributed by atoms with van der Waals surface area (Å²) in [5.41, 5.74) is 1.33. The molecule has 0 radical (unpaired) electrons. The summed E-state index contributed by atoms with van der Waals surface area (Å²) >= 11 is 5.85. The third kappa shape index (κ3) is 3.35. The van der Waals surface area contributed by atoms with Gasteiger partial charge >= 0.3 is 0 Å². The highest BCUT2D eigenvalue weighted by atomic mass is 35.5. The average molecular weight is 332 g/mol. The molecule has 1 N–H and O–H groups in total. The first-order chi connectivity index (χ1) is 11.2. The number of para-hydroxylation sites is 1. The number of hydrogen-bond donors (Lipinski definition) is 1. The molecule has 1 aromatic heterocycles. The second-order valence-electron chi connectivity index (χ2n) is 4.95. The molecule has 118 valence electrons. The van der Waals surface area contributed by atoms with Crippen LogP contribution < -0.4 is 10.1 Å². The molecule has 6 heteroatoms. The number of nitrogens with one attached hydrogen (secondary N) is 1. The molecule has 4 nitrogen and oxygen atoms in total. The van der Waals surface area contributed by atoms with Gasteiger partial charge in [-0.3, -0.25) is 0 Å². The summed E-state index contributed by atoms with van der Waals surface area (Å²) in [6.45, 7) is 0.304. The molecule has 1 heterocycles. The van der Waals surface area contributed by atoms with Gasteiger partial charge in [0, 0.05) is 23.6 Å². The number of ether oxygens (including phenoxy) is 1. The molecule has 3 rings (SSSR count). The zero-order valence-electron chi connectivity index (χ0n) is 12.5. The van der Waals surface area contributed by atoms with E-state index in [9.17, 15) is 4.39 Å². The average Bonchev–Trinajstić information content (AvgIpc) is 2.60. The van der Waals surface area contributed by atoms with E-state index in [1.54, 1.807) is 12.1 Å². The minimum absolute atomic E-state index is 0.219. The number of nitrogens with zero attached hydrogens (tertiary/aromatic N) is 2. The molecule has 0 aliphatic carbocycles. The van der Waals surface area contributed by atoms with Crippen molar-refractivity contribution in [3.63, 3.8) is 0 Å². The maximum absolute atomic E-state index is 14.0. The highest BCUT2D eigenvalue weighted by molar-refractivity contribution is 6.16. The third-order valence-corrected chi connectivity index (χ3v) is 3.71. The van der Waals surface area contributed by atoms with Crippen LogP contribution in [0.15, 0.2) is 42.5 Å². The van der Waals surface area contributed by atoms with Crippen LogP contribution in [-0.4, -0.2) is 17.1 Å². The van der Waals surface area contributed by atoms with Crippen LogP contribution in [0.25, 0.3) is 10.9 Å². The molecule has 0 amide bonds. The van der Waals surface area contributed by atoms with Crippen LogP contribution in [0.4, 0.5) is 10.2 Å². The Morgan fingerprint density at radius 2 is 2.00 bits per heavy atom. The van der Waals surface area contributed by atoms with Crippen LogP contribution in [0.1, 0.15) is 11.4 Å². The second-order valence-corrected chi connectivity index (χ2v) is 5.22. The van der Waals surface area contributed by atoms with E-state index in [-0.39, 0.29) is 11.7 Å². The lowest BCUT2D eigenvalue weighted by molar-refractivity contribution is 0.411. The van der Waals surface area contributed by atoms with Crippen molar-refractivity contribution in [1.29, 1.82) is 0 Å². The standard InChI is InChI=1S/C17H15ClFN3O/c1-23-12-7-6-11(14(19)8-12)10-20-17-13-4-2-3-5-15(13)21-16(9-18)22-17/h2-8H,9-10H2,1H3,(H,20,21,22). The number of halogens is 2. The van der Waals surface area contributed by atoms with Crippen molar-refractivity contribution in [3.8, 4) is 5.75 Å². The molecule has 0 spiro atoms. The fraction of sp³-hybridized carbons (Fsp3) is 0.176. The molecule has 0 atom stereocenters. The molecule has 0 aliphatic rings. The minimum atomic E-state index is -0.326. The van der Waals surface area contributed by atoms with Gasteiger partial charge < -0.3 is 10.1 Å². The Balaban J connectivity index is 1.89. The summed E-state index contributed by atoms with van der Waals surface area (Å²) in [7, 11) is 1.51. The Hall–Kier alpha value is -2.40. The topological polar surface area (TPSA) is 47.0 Å². The van der Waals surface area contributed by atoms with E-state index in [1.165, 1.54) is 13.2 Å². The van der Waals surface area contributed by atoms with Crippen LogP contribution in [0.2, 0.25) is 0 Å². The van der Waals surface area contributed by atoms with Gasteiger partial charge in [-0.05, 0) is 18.2 Å². The van der Waals surface area contributed by atoms with Gasteiger partial charge in [-0.1, -0.05) is 18.2 Å². The zero-order valence-corrected chi connectivity index (χ0v) is 13.3. The summed E-state index contributed by atoms with van der Waals surface area (Å²) in [4.78, 5) is 8.77. The monoisotopic (exact) mass is 331 g/mol. The van der Waals surface area contributed by atoms with Crippen LogP contribution in [0, 0.1) is 5.82 Å². The Bertz CT molecular complexity index is 841. The smallest absolute Gasteiger partial charge is 0.146 e. The van der Waals surface area contributed by atoms with Crippen molar-refractivity contribution in [2.24, 2.45) is 0 Å². The highest BCUT2D eigenvalue weighted by Gasteiger charge is 2.09. The lowest BCUT2D eigenvalue weighted by Crippen LogP contribution is -2.06. The first-order valence-corrected chi connectivity index (χ1v) is 7.62. The SMILES string of the molecule is COc1ccc(CNc2nc(CCl)nc3ccccc23)c(F)c1. The number of alkyl halides is 1. The summed E-state index contributed by atoms with van der Waals surface area (Å²) in [5.74, 6) is 1.55. The van der Waals surface area contributed by atoms with Crippen LogP contribution in [0.3, 0.4) is 0 Å². The van der Waals surface area contributed by atoms with Crippen LogP contribution in [0.5, 0.6) is 5.75 Å². The van der Waals surface area contributed by atoms with Crippen LogP contribution >= 0.6 is 11.6 Å². The zero-order chi connectivity index (χ0) is 16.2. The number of aromatic nitrogens is 2. The molecular weight excluding hydrogens is 317 g/mol. The highest BCUT2D eigenvalue weighted by Crippen LogP contribution is 2.22. The van der Waals surface area contributed by atoms with Gasteiger partial charge in [-0.15, -0.1) is 11.6 Å². The number of rotatable bonds is 5. The molecule has 0 fully saturated rings. The molecular formula is C17H15ClFN3O. The van der Waals surface area contributed by atoms with Gasteiger partial charge in [-0.25, -0.2) is 14.4 Å². The van der Waals surface area contributed by atoms with Crippen molar-refractivity contribution >= 4 is 28.3 Å². The van der Waals surface area contributed by atoms with E-state index in [1.807, 2.05) is 24.3 Å². The van der Waals surface area contributed by atoms with Gasteiger partial charge in [0.1, 0.15) is 23.2 Å². The predicted molar refractivity (Wildman–Crippen MR) is 89.4 cm³/mol. The molecule has 2 aromatic carbocycles. The summed E-state index contributed by atoms with van der Waals surface area (Å²) in [5, 5.41) is 4.04. The first-order valence-electron chi connectivity index (χ1n) is 7.09. The lowest BCUT2D eigenvalue weighted by atomic mass is 10.2. The van der Waals surface area contributed by atoms with Gasteiger partial charge in [0.25, 0.3) is 0 Å².